The number of rotatable bonds is 7. The van der Waals surface area contributed by atoms with Crippen LogP contribution in [0.15, 0.2) is 0 Å². The highest BCUT2D eigenvalue weighted by molar-refractivity contribution is 4.88. The number of unbranched alkanes of at least 4 members (excludes halogenated alkanes) is 3. The molecular weight excluding hydrogens is 144 g/mol. The summed E-state index contributed by atoms with van der Waals surface area (Å²) in [4.78, 5) is 0. The highest BCUT2D eigenvalue weighted by atomic mass is 14.1. The zero-order valence-electron chi connectivity index (χ0n) is 9.32. The third kappa shape index (κ3) is 5.62. The molecule has 0 heteroatoms. The molecule has 0 fully saturated rings. The molecule has 0 spiro atoms. The van der Waals surface area contributed by atoms with Crippen molar-refractivity contribution in [2.75, 3.05) is 0 Å². The molecular formula is C12H25-. The van der Waals surface area contributed by atoms with E-state index in [4.69, 9.17) is 0 Å². The van der Waals surface area contributed by atoms with Crippen LogP contribution in [-0.4, -0.2) is 0 Å². The average molecular weight is 169 g/mol. The Morgan fingerprint density at radius 1 is 1.08 bits per heavy atom. The molecule has 0 N–H and O–H groups in total. The molecule has 0 aliphatic heterocycles. The zero-order valence-corrected chi connectivity index (χ0v) is 9.32. The van der Waals surface area contributed by atoms with Crippen LogP contribution in [0.5, 0.6) is 0 Å². The smallest absolute Gasteiger partial charge is 0.0537 e. The van der Waals surface area contributed by atoms with Crippen molar-refractivity contribution in [1.82, 2.24) is 0 Å². The minimum absolute atomic E-state index is 0.839. The molecule has 74 valence electrons. The van der Waals surface area contributed by atoms with Crippen molar-refractivity contribution in [3.63, 3.8) is 0 Å². The van der Waals surface area contributed by atoms with Crippen LogP contribution in [0.25, 0.3) is 0 Å². The van der Waals surface area contributed by atoms with Crippen molar-refractivity contribution in [3.8, 4) is 0 Å². The van der Waals surface area contributed by atoms with Crippen LogP contribution in [0.4, 0.5) is 0 Å². The Labute approximate surface area is 78.8 Å². The largest absolute Gasteiger partial charge is 0.314 e. The first-order valence-electron chi connectivity index (χ1n) is 5.54. The van der Waals surface area contributed by atoms with Crippen LogP contribution in [0.2, 0.25) is 0 Å². The second-order valence-electron chi connectivity index (χ2n) is 3.97. The Balaban J connectivity index is 3.24. The first-order chi connectivity index (χ1) is 5.72. The predicted molar refractivity (Wildman–Crippen MR) is 57.1 cm³/mol. The standard InChI is InChI=1S/C12H25/c1-5-7-8-9-10-12(4)11(3)6-2/h11H,5-10H2,1-4H3/q-1. The van der Waals surface area contributed by atoms with E-state index in [1.807, 2.05) is 0 Å². The van der Waals surface area contributed by atoms with Gasteiger partial charge in [-0.1, -0.05) is 52.9 Å². The van der Waals surface area contributed by atoms with Gasteiger partial charge in [0.15, 0.2) is 0 Å². The fourth-order valence-corrected chi connectivity index (χ4v) is 1.43. The van der Waals surface area contributed by atoms with E-state index in [0.717, 1.165) is 5.92 Å². The van der Waals surface area contributed by atoms with Gasteiger partial charge in [0.1, 0.15) is 0 Å². The first kappa shape index (κ1) is 12.0. The quantitative estimate of drug-likeness (QED) is 0.386. The Kier molecular flexibility index (Phi) is 7.64. The van der Waals surface area contributed by atoms with Crippen molar-refractivity contribution in [1.29, 1.82) is 0 Å². The third-order valence-electron chi connectivity index (χ3n) is 2.88. The highest BCUT2D eigenvalue weighted by Crippen LogP contribution is 2.22. The molecule has 0 nitrogen and oxygen atoms in total. The lowest BCUT2D eigenvalue weighted by atomic mass is 9.89. The monoisotopic (exact) mass is 169 g/mol. The molecule has 0 saturated heterocycles. The fourth-order valence-electron chi connectivity index (χ4n) is 1.43. The van der Waals surface area contributed by atoms with E-state index < -0.39 is 0 Å². The number of hydrogen-bond acceptors (Lipinski definition) is 0. The molecule has 0 aromatic heterocycles. The average Bonchev–Trinajstić information content (AvgIpc) is 2.10. The lowest BCUT2D eigenvalue weighted by Crippen LogP contribution is -2.03. The van der Waals surface area contributed by atoms with Crippen LogP contribution in [0.1, 0.15) is 66.2 Å². The van der Waals surface area contributed by atoms with Crippen LogP contribution in [0.3, 0.4) is 0 Å². The van der Waals surface area contributed by atoms with Crippen molar-refractivity contribution >= 4 is 0 Å². The maximum absolute atomic E-state index is 2.34. The molecule has 0 aliphatic rings. The summed E-state index contributed by atoms with van der Waals surface area (Å²) >= 11 is 0. The summed E-state index contributed by atoms with van der Waals surface area (Å²) in [5.74, 6) is 2.54. The molecule has 0 rings (SSSR count). The minimum Gasteiger partial charge on any atom is -0.314 e. The Hall–Kier alpha value is 0. The molecule has 12 heavy (non-hydrogen) atoms. The summed E-state index contributed by atoms with van der Waals surface area (Å²) in [5, 5.41) is 0. The van der Waals surface area contributed by atoms with E-state index in [2.05, 4.69) is 27.7 Å². The van der Waals surface area contributed by atoms with Crippen molar-refractivity contribution in [3.05, 3.63) is 5.92 Å². The lowest BCUT2D eigenvalue weighted by molar-refractivity contribution is 0.515. The van der Waals surface area contributed by atoms with Gasteiger partial charge >= 0.3 is 0 Å². The van der Waals surface area contributed by atoms with E-state index in [1.54, 1.807) is 5.92 Å². The molecule has 0 heterocycles. The summed E-state index contributed by atoms with van der Waals surface area (Å²) in [7, 11) is 0. The molecule has 0 aliphatic carbocycles. The topological polar surface area (TPSA) is 0 Å². The van der Waals surface area contributed by atoms with E-state index in [-0.39, 0.29) is 0 Å². The van der Waals surface area contributed by atoms with Crippen LogP contribution in [-0.2, 0) is 0 Å². The van der Waals surface area contributed by atoms with Crippen molar-refractivity contribution < 1.29 is 0 Å². The SMILES string of the molecule is CCCCCC[C-](C)C(C)CC. The maximum atomic E-state index is 2.34. The summed E-state index contributed by atoms with van der Waals surface area (Å²) < 4.78 is 0. The molecule has 0 aromatic carbocycles. The van der Waals surface area contributed by atoms with Gasteiger partial charge in [-0.25, -0.2) is 0 Å². The minimum atomic E-state index is 0.839. The third-order valence-corrected chi connectivity index (χ3v) is 2.88. The van der Waals surface area contributed by atoms with E-state index in [1.165, 1.54) is 38.5 Å². The van der Waals surface area contributed by atoms with E-state index in [9.17, 15) is 0 Å². The summed E-state index contributed by atoms with van der Waals surface area (Å²) in [6.07, 6.45) is 8.25. The molecule has 0 saturated carbocycles. The predicted octanol–water partition coefficient (Wildman–Crippen LogP) is 4.60. The molecule has 0 amide bonds. The highest BCUT2D eigenvalue weighted by Gasteiger charge is 1.95. The summed E-state index contributed by atoms with van der Waals surface area (Å²) in [5.41, 5.74) is 0. The molecule has 0 bridgehead atoms. The molecule has 1 unspecified atom stereocenters. The van der Waals surface area contributed by atoms with Gasteiger partial charge in [-0.2, -0.15) is 19.3 Å². The van der Waals surface area contributed by atoms with Crippen LogP contribution < -0.4 is 0 Å². The molecule has 1 atom stereocenters. The van der Waals surface area contributed by atoms with Gasteiger partial charge in [0, 0.05) is 0 Å². The van der Waals surface area contributed by atoms with Crippen LogP contribution >= 0.6 is 0 Å². The van der Waals surface area contributed by atoms with Crippen LogP contribution in [0, 0.1) is 11.8 Å². The lowest BCUT2D eigenvalue weighted by Gasteiger charge is -2.31. The Morgan fingerprint density at radius 2 is 1.75 bits per heavy atom. The zero-order chi connectivity index (χ0) is 9.40. The first-order valence-corrected chi connectivity index (χ1v) is 5.54. The second kappa shape index (κ2) is 7.64. The Morgan fingerprint density at radius 3 is 2.25 bits per heavy atom. The van der Waals surface area contributed by atoms with Gasteiger partial charge in [-0.15, -0.1) is 0 Å². The second-order valence-corrected chi connectivity index (χ2v) is 3.97. The molecule has 0 aromatic rings. The number of hydrogen-bond donors (Lipinski definition) is 0. The van der Waals surface area contributed by atoms with Gasteiger partial charge < -0.3 is 5.92 Å². The normalized spacial score (nSPS) is 13.8. The Bertz CT molecular complexity index is 86.0. The van der Waals surface area contributed by atoms with Gasteiger partial charge in [0.25, 0.3) is 0 Å². The van der Waals surface area contributed by atoms with Gasteiger partial charge in [0.2, 0.25) is 0 Å². The summed E-state index contributed by atoms with van der Waals surface area (Å²) in [6, 6.07) is 0. The van der Waals surface area contributed by atoms with Gasteiger partial charge in [-0.3, -0.25) is 0 Å². The van der Waals surface area contributed by atoms with Crippen molar-refractivity contribution in [2.24, 2.45) is 5.92 Å². The molecule has 0 radical (unpaired) electrons. The van der Waals surface area contributed by atoms with Gasteiger partial charge in [-0.05, 0) is 0 Å². The van der Waals surface area contributed by atoms with E-state index in [0.29, 0.717) is 0 Å². The van der Waals surface area contributed by atoms with Crippen molar-refractivity contribution in [2.45, 2.75) is 66.2 Å². The summed E-state index contributed by atoms with van der Waals surface area (Å²) in [6.45, 7) is 9.21. The maximum Gasteiger partial charge on any atom is -0.0537 e. The fraction of sp³-hybridized carbons (Fsp3) is 0.917. The van der Waals surface area contributed by atoms with E-state index >= 15 is 0 Å². The van der Waals surface area contributed by atoms with Gasteiger partial charge in [0.05, 0.1) is 0 Å².